The van der Waals surface area contributed by atoms with E-state index < -0.39 is 29.5 Å². The van der Waals surface area contributed by atoms with Crippen LogP contribution in [0.1, 0.15) is 30.1 Å². The van der Waals surface area contributed by atoms with Crippen molar-refractivity contribution >= 4 is 5.78 Å². The van der Waals surface area contributed by atoms with Gasteiger partial charge in [0.05, 0.1) is 11.7 Å². The lowest BCUT2D eigenvalue weighted by Gasteiger charge is -2.07. The van der Waals surface area contributed by atoms with Gasteiger partial charge in [0.2, 0.25) is 5.82 Å². The normalized spacial score (nSPS) is 12.0. The summed E-state index contributed by atoms with van der Waals surface area (Å²) in [6.45, 7) is 3.26. The zero-order chi connectivity index (χ0) is 17.2. The van der Waals surface area contributed by atoms with Gasteiger partial charge in [-0.1, -0.05) is 11.2 Å². The van der Waals surface area contributed by atoms with E-state index in [0.29, 0.717) is 0 Å². The van der Waals surface area contributed by atoms with E-state index in [0.717, 1.165) is 12.1 Å². The molecule has 1 aromatic carbocycles. The molecule has 1 heterocycles. The Bertz CT molecular complexity index is 710. The first kappa shape index (κ1) is 17.1. The van der Waals surface area contributed by atoms with Crippen molar-refractivity contribution in [2.75, 3.05) is 6.61 Å². The smallest absolute Gasteiger partial charge is 0.371 e. The number of hydrogen-bond donors (Lipinski definition) is 0. The number of halogens is 4. The third kappa shape index (κ3) is 4.13. The van der Waals surface area contributed by atoms with Crippen molar-refractivity contribution in [2.24, 2.45) is 0 Å². The topological polar surface area (TPSA) is 65.2 Å². The van der Waals surface area contributed by atoms with Gasteiger partial charge in [-0.2, -0.15) is 18.2 Å². The molecule has 0 unspecified atom stereocenters. The largest absolute Gasteiger partial charge is 0.471 e. The van der Waals surface area contributed by atoms with Gasteiger partial charge in [0.25, 0.3) is 0 Å². The highest BCUT2D eigenvalue weighted by atomic mass is 19.4. The van der Waals surface area contributed by atoms with Crippen molar-refractivity contribution < 1.29 is 31.6 Å². The molecule has 124 valence electrons. The summed E-state index contributed by atoms with van der Waals surface area (Å²) in [7, 11) is 0. The number of alkyl halides is 3. The predicted octanol–water partition coefficient (Wildman–Crippen LogP) is 3.50. The second-order valence-electron chi connectivity index (χ2n) is 4.90. The van der Waals surface area contributed by atoms with E-state index in [4.69, 9.17) is 4.74 Å². The van der Waals surface area contributed by atoms with E-state index in [-0.39, 0.29) is 23.8 Å². The Labute approximate surface area is 128 Å². The minimum absolute atomic E-state index is 0.0337. The van der Waals surface area contributed by atoms with E-state index in [1.54, 1.807) is 13.8 Å². The number of ketones is 1. The highest BCUT2D eigenvalue weighted by molar-refractivity contribution is 5.97. The lowest BCUT2D eigenvalue weighted by Crippen LogP contribution is -2.13. The van der Waals surface area contributed by atoms with Crippen molar-refractivity contribution in [2.45, 2.75) is 26.1 Å². The highest BCUT2D eigenvalue weighted by Gasteiger charge is 2.38. The molecule has 1 aromatic heterocycles. The van der Waals surface area contributed by atoms with Crippen molar-refractivity contribution in [3.63, 3.8) is 0 Å². The van der Waals surface area contributed by atoms with Crippen LogP contribution in [-0.4, -0.2) is 28.6 Å². The van der Waals surface area contributed by atoms with Gasteiger partial charge in [0.15, 0.2) is 5.78 Å². The maximum Gasteiger partial charge on any atom is 0.471 e. The Hall–Kier alpha value is -2.29. The van der Waals surface area contributed by atoms with Crippen LogP contribution in [0, 0.1) is 5.82 Å². The molecule has 0 radical (unpaired) electrons. The summed E-state index contributed by atoms with van der Waals surface area (Å²) in [6, 6.07) is 3.27. The maximum atomic E-state index is 14.0. The highest BCUT2D eigenvalue weighted by Crippen LogP contribution is 2.30. The van der Waals surface area contributed by atoms with Crippen molar-refractivity contribution in [1.82, 2.24) is 10.1 Å². The van der Waals surface area contributed by atoms with Gasteiger partial charge in [0, 0.05) is 5.56 Å². The number of rotatable bonds is 5. The maximum absolute atomic E-state index is 14.0. The molecular formula is C14H12F4N2O3. The van der Waals surface area contributed by atoms with Gasteiger partial charge in [0.1, 0.15) is 12.4 Å². The summed E-state index contributed by atoms with van der Waals surface area (Å²) in [5.74, 6) is -3.51. The second-order valence-corrected chi connectivity index (χ2v) is 4.90. The molecule has 2 aromatic rings. The van der Waals surface area contributed by atoms with Gasteiger partial charge >= 0.3 is 12.1 Å². The first-order valence-corrected chi connectivity index (χ1v) is 6.54. The minimum atomic E-state index is -4.81. The number of carbonyl (C=O) groups excluding carboxylic acids is 1. The van der Waals surface area contributed by atoms with E-state index in [9.17, 15) is 22.4 Å². The van der Waals surface area contributed by atoms with Gasteiger partial charge in [-0.05, 0) is 26.0 Å². The fourth-order valence-electron chi connectivity index (χ4n) is 1.64. The molecule has 9 heteroatoms. The molecule has 0 aliphatic carbocycles. The number of Topliss-reactive ketones (excluding diaryl/α,β-unsaturated/α-hetero) is 1. The van der Waals surface area contributed by atoms with Crippen LogP contribution >= 0.6 is 0 Å². The molecule has 0 saturated heterocycles. The molecule has 0 N–H and O–H groups in total. The van der Waals surface area contributed by atoms with Crippen LogP contribution in [0.5, 0.6) is 0 Å². The number of nitrogens with zero attached hydrogens (tertiary/aromatic N) is 2. The Morgan fingerprint density at radius 3 is 2.57 bits per heavy atom. The van der Waals surface area contributed by atoms with Crippen LogP contribution in [0.3, 0.4) is 0 Å². The minimum Gasteiger partial charge on any atom is -0.371 e. The number of ether oxygens (including phenoxy) is 1. The molecule has 2 rings (SSSR count). The van der Waals surface area contributed by atoms with Gasteiger partial charge in [-0.3, -0.25) is 4.79 Å². The van der Waals surface area contributed by atoms with E-state index in [2.05, 4.69) is 14.7 Å². The number of hydrogen-bond acceptors (Lipinski definition) is 5. The third-order valence-electron chi connectivity index (χ3n) is 2.75. The van der Waals surface area contributed by atoms with Gasteiger partial charge in [-0.25, -0.2) is 4.39 Å². The molecule has 0 aliphatic heterocycles. The van der Waals surface area contributed by atoms with E-state index in [1.165, 1.54) is 6.07 Å². The van der Waals surface area contributed by atoms with Crippen LogP contribution in [0.25, 0.3) is 11.4 Å². The number of aromatic nitrogens is 2. The summed E-state index contributed by atoms with van der Waals surface area (Å²) in [5, 5.41) is 3.09. The molecule has 0 aliphatic rings. The van der Waals surface area contributed by atoms with E-state index in [1.807, 2.05) is 0 Å². The molecule has 0 atom stereocenters. The Morgan fingerprint density at radius 1 is 1.35 bits per heavy atom. The Kier molecular flexibility index (Phi) is 4.79. The monoisotopic (exact) mass is 332 g/mol. The lowest BCUT2D eigenvalue weighted by molar-refractivity contribution is -0.159. The zero-order valence-corrected chi connectivity index (χ0v) is 12.1. The van der Waals surface area contributed by atoms with Crippen molar-refractivity contribution in [3.05, 3.63) is 35.5 Å². The third-order valence-corrected chi connectivity index (χ3v) is 2.75. The van der Waals surface area contributed by atoms with Crippen LogP contribution in [0.2, 0.25) is 0 Å². The van der Waals surface area contributed by atoms with Crippen molar-refractivity contribution in [1.29, 1.82) is 0 Å². The lowest BCUT2D eigenvalue weighted by atomic mass is 10.1. The number of benzene rings is 1. The summed E-state index contributed by atoms with van der Waals surface area (Å²) >= 11 is 0. The first-order valence-electron chi connectivity index (χ1n) is 6.54. The van der Waals surface area contributed by atoms with Crippen LogP contribution in [0.4, 0.5) is 17.6 Å². The molecule has 23 heavy (non-hydrogen) atoms. The Balaban J connectivity index is 2.23. The average Bonchev–Trinajstić information content (AvgIpc) is 2.94. The quantitative estimate of drug-likeness (QED) is 0.619. The molecular weight excluding hydrogens is 320 g/mol. The summed E-state index contributed by atoms with van der Waals surface area (Å²) in [6.07, 6.45) is -4.98. The second kappa shape index (κ2) is 6.45. The van der Waals surface area contributed by atoms with Gasteiger partial charge in [-0.15, -0.1) is 0 Å². The average molecular weight is 332 g/mol. The summed E-state index contributed by atoms with van der Waals surface area (Å²) in [4.78, 5) is 14.9. The fraction of sp³-hybridized carbons (Fsp3) is 0.357. The van der Waals surface area contributed by atoms with Crippen LogP contribution in [0.15, 0.2) is 22.7 Å². The number of carbonyl (C=O) groups is 1. The molecule has 0 spiro atoms. The van der Waals surface area contributed by atoms with Crippen LogP contribution < -0.4 is 0 Å². The SMILES string of the molecule is CC(C)OCC(=O)c1ccc(-c2noc(C(F)(F)F)n2)c(F)c1. The molecule has 0 amide bonds. The van der Waals surface area contributed by atoms with Crippen LogP contribution in [-0.2, 0) is 10.9 Å². The molecule has 0 bridgehead atoms. The van der Waals surface area contributed by atoms with E-state index >= 15 is 0 Å². The van der Waals surface area contributed by atoms with Gasteiger partial charge < -0.3 is 9.26 Å². The standard InChI is InChI=1S/C14H12F4N2O3/c1-7(2)22-6-11(21)8-3-4-9(10(15)5-8)12-19-13(23-20-12)14(16,17)18/h3-5,7H,6H2,1-2H3. The molecule has 0 fully saturated rings. The molecule has 0 saturated carbocycles. The Morgan fingerprint density at radius 2 is 2.04 bits per heavy atom. The summed E-state index contributed by atoms with van der Waals surface area (Å²) in [5.41, 5.74) is -0.267. The fourth-order valence-corrected chi connectivity index (χ4v) is 1.64. The zero-order valence-electron chi connectivity index (χ0n) is 12.1. The summed E-state index contributed by atoms with van der Waals surface area (Å²) < 4.78 is 60.3. The first-order chi connectivity index (χ1) is 10.7. The predicted molar refractivity (Wildman–Crippen MR) is 70.1 cm³/mol. The van der Waals surface area contributed by atoms with Crippen molar-refractivity contribution in [3.8, 4) is 11.4 Å². The molecule has 5 nitrogen and oxygen atoms in total.